The SMILES string of the molecule is O=Cc1[nH]c(O)cc1Br. The van der Waals surface area contributed by atoms with Gasteiger partial charge in [0.15, 0.2) is 12.2 Å². The summed E-state index contributed by atoms with van der Waals surface area (Å²) in [5, 5.41) is 8.72. The van der Waals surface area contributed by atoms with Crippen LogP contribution in [0.25, 0.3) is 0 Å². The summed E-state index contributed by atoms with van der Waals surface area (Å²) in [5.41, 5.74) is 0.354. The Labute approximate surface area is 59.8 Å². The molecular formula is C5H4BrNO2. The molecule has 2 N–H and O–H groups in total. The zero-order chi connectivity index (χ0) is 6.85. The van der Waals surface area contributed by atoms with E-state index in [1.807, 2.05) is 0 Å². The van der Waals surface area contributed by atoms with Crippen molar-refractivity contribution in [3.05, 3.63) is 16.2 Å². The molecule has 0 aliphatic heterocycles. The van der Waals surface area contributed by atoms with E-state index in [0.717, 1.165) is 0 Å². The number of rotatable bonds is 1. The maximum atomic E-state index is 10.1. The van der Waals surface area contributed by atoms with Gasteiger partial charge in [-0.25, -0.2) is 0 Å². The number of carbonyl (C=O) groups excluding carboxylic acids is 1. The highest BCUT2D eigenvalue weighted by molar-refractivity contribution is 9.10. The van der Waals surface area contributed by atoms with Crippen molar-refractivity contribution in [2.45, 2.75) is 0 Å². The maximum Gasteiger partial charge on any atom is 0.189 e. The molecule has 0 amide bonds. The van der Waals surface area contributed by atoms with E-state index in [4.69, 9.17) is 5.11 Å². The van der Waals surface area contributed by atoms with E-state index in [2.05, 4.69) is 20.9 Å². The average Bonchev–Trinajstić information content (AvgIpc) is 2.10. The van der Waals surface area contributed by atoms with E-state index in [1.165, 1.54) is 6.07 Å². The van der Waals surface area contributed by atoms with Crippen LogP contribution in [0.1, 0.15) is 10.5 Å². The molecular weight excluding hydrogens is 186 g/mol. The predicted octanol–water partition coefficient (Wildman–Crippen LogP) is 1.30. The monoisotopic (exact) mass is 189 g/mol. The quantitative estimate of drug-likeness (QED) is 0.655. The van der Waals surface area contributed by atoms with Crippen LogP contribution in [0.2, 0.25) is 0 Å². The number of hydrogen-bond donors (Lipinski definition) is 2. The number of carbonyl (C=O) groups is 1. The Balaban J connectivity index is 3.15. The molecule has 1 heterocycles. The first-order valence-corrected chi connectivity index (χ1v) is 3.06. The molecule has 1 rings (SSSR count). The molecule has 0 unspecified atom stereocenters. The van der Waals surface area contributed by atoms with E-state index >= 15 is 0 Å². The van der Waals surface area contributed by atoms with Crippen LogP contribution in [0.3, 0.4) is 0 Å². The molecule has 0 saturated heterocycles. The average molecular weight is 190 g/mol. The second-order valence-electron chi connectivity index (χ2n) is 1.53. The fourth-order valence-electron chi connectivity index (χ4n) is 0.517. The molecule has 0 radical (unpaired) electrons. The van der Waals surface area contributed by atoms with Crippen molar-refractivity contribution < 1.29 is 9.90 Å². The van der Waals surface area contributed by atoms with Gasteiger partial charge in [-0.1, -0.05) is 0 Å². The van der Waals surface area contributed by atoms with E-state index in [0.29, 0.717) is 16.5 Å². The van der Waals surface area contributed by atoms with Gasteiger partial charge >= 0.3 is 0 Å². The third kappa shape index (κ3) is 1.13. The van der Waals surface area contributed by atoms with Crippen LogP contribution in [-0.4, -0.2) is 16.4 Å². The molecule has 1 aromatic heterocycles. The molecule has 0 aromatic carbocycles. The number of aromatic amines is 1. The van der Waals surface area contributed by atoms with Crippen LogP contribution in [-0.2, 0) is 0 Å². The Morgan fingerprint density at radius 3 is 2.67 bits per heavy atom. The third-order valence-corrected chi connectivity index (χ3v) is 1.56. The Morgan fingerprint density at radius 2 is 2.44 bits per heavy atom. The molecule has 0 saturated carbocycles. The maximum absolute atomic E-state index is 10.1. The smallest absolute Gasteiger partial charge is 0.189 e. The molecule has 0 spiro atoms. The minimum Gasteiger partial charge on any atom is -0.495 e. The Morgan fingerprint density at radius 1 is 1.78 bits per heavy atom. The largest absolute Gasteiger partial charge is 0.495 e. The first-order valence-electron chi connectivity index (χ1n) is 2.26. The minimum atomic E-state index is -0.0102. The normalized spacial score (nSPS) is 9.44. The summed E-state index contributed by atoms with van der Waals surface area (Å²) in [6.45, 7) is 0. The molecule has 9 heavy (non-hydrogen) atoms. The van der Waals surface area contributed by atoms with Crippen LogP contribution in [0, 0.1) is 0 Å². The second-order valence-corrected chi connectivity index (χ2v) is 2.39. The molecule has 3 nitrogen and oxygen atoms in total. The summed E-state index contributed by atoms with van der Waals surface area (Å²) in [4.78, 5) is 12.5. The fourth-order valence-corrected chi connectivity index (χ4v) is 0.927. The van der Waals surface area contributed by atoms with E-state index in [9.17, 15) is 4.79 Å². The van der Waals surface area contributed by atoms with Crippen LogP contribution < -0.4 is 0 Å². The molecule has 4 heteroatoms. The van der Waals surface area contributed by atoms with Crippen molar-refractivity contribution in [3.63, 3.8) is 0 Å². The number of aromatic nitrogens is 1. The highest BCUT2D eigenvalue weighted by Crippen LogP contribution is 2.19. The lowest BCUT2D eigenvalue weighted by Crippen LogP contribution is -1.76. The topological polar surface area (TPSA) is 53.1 Å². The summed E-state index contributed by atoms with van der Waals surface area (Å²) < 4.78 is 0.579. The summed E-state index contributed by atoms with van der Waals surface area (Å²) in [6.07, 6.45) is 0.629. The van der Waals surface area contributed by atoms with Crippen molar-refractivity contribution in [2.24, 2.45) is 0 Å². The highest BCUT2D eigenvalue weighted by atomic mass is 79.9. The second kappa shape index (κ2) is 2.23. The lowest BCUT2D eigenvalue weighted by Gasteiger charge is -1.79. The van der Waals surface area contributed by atoms with Gasteiger partial charge in [-0.2, -0.15) is 0 Å². The van der Waals surface area contributed by atoms with Crippen molar-refractivity contribution in [1.29, 1.82) is 0 Å². The number of aromatic hydroxyl groups is 1. The Kier molecular flexibility index (Phi) is 1.57. The van der Waals surface area contributed by atoms with Gasteiger partial charge in [0.25, 0.3) is 0 Å². The van der Waals surface area contributed by atoms with Gasteiger partial charge in [0, 0.05) is 10.5 Å². The fraction of sp³-hybridized carbons (Fsp3) is 0. The highest BCUT2D eigenvalue weighted by Gasteiger charge is 2.01. The Bertz CT molecular complexity index is 231. The summed E-state index contributed by atoms with van der Waals surface area (Å²) in [7, 11) is 0. The van der Waals surface area contributed by atoms with Gasteiger partial charge in [-0.05, 0) is 15.9 Å². The van der Waals surface area contributed by atoms with E-state index in [-0.39, 0.29) is 5.88 Å². The number of nitrogens with one attached hydrogen (secondary N) is 1. The Hall–Kier alpha value is -0.770. The van der Waals surface area contributed by atoms with E-state index in [1.54, 1.807) is 0 Å². The van der Waals surface area contributed by atoms with Crippen LogP contribution in [0.4, 0.5) is 0 Å². The number of halogens is 1. The van der Waals surface area contributed by atoms with Gasteiger partial charge in [0.2, 0.25) is 0 Å². The zero-order valence-corrected chi connectivity index (χ0v) is 5.97. The lowest BCUT2D eigenvalue weighted by atomic mass is 10.5. The summed E-state index contributed by atoms with van der Waals surface area (Å²) >= 11 is 3.05. The van der Waals surface area contributed by atoms with Crippen LogP contribution >= 0.6 is 15.9 Å². The van der Waals surface area contributed by atoms with Gasteiger partial charge in [0.1, 0.15) is 0 Å². The number of hydrogen-bond acceptors (Lipinski definition) is 2. The molecule has 48 valence electrons. The lowest BCUT2D eigenvalue weighted by molar-refractivity contribution is 0.111. The molecule has 1 aromatic rings. The molecule has 0 aliphatic carbocycles. The van der Waals surface area contributed by atoms with Gasteiger partial charge in [-0.3, -0.25) is 4.79 Å². The predicted molar refractivity (Wildman–Crippen MR) is 35.5 cm³/mol. The molecule has 0 aliphatic rings. The molecule has 0 atom stereocenters. The zero-order valence-electron chi connectivity index (χ0n) is 4.39. The van der Waals surface area contributed by atoms with Crippen molar-refractivity contribution >= 4 is 22.2 Å². The summed E-state index contributed by atoms with van der Waals surface area (Å²) in [5.74, 6) is -0.0102. The van der Waals surface area contributed by atoms with Gasteiger partial charge < -0.3 is 10.1 Å². The number of H-pyrrole nitrogens is 1. The van der Waals surface area contributed by atoms with Crippen molar-refractivity contribution in [3.8, 4) is 5.88 Å². The van der Waals surface area contributed by atoms with Crippen LogP contribution in [0.5, 0.6) is 5.88 Å². The standard InChI is InChI=1S/C5H4BrNO2/c6-3-1-5(9)7-4(3)2-8/h1-2,7,9H. The van der Waals surface area contributed by atoms with E-state index < -0.39 is 0 Å². The molecule has 0 bridgehead atoms. The van der Waals surface area contributed by atoms with Gasteiger partial charge in [0.05, 0.1) is 5.69 Å². The van der Waals surface area contributed by atoms with Crippen LogP contribution in [0.15, 0.2) is 10.5 Å². The first kappa shape index (κ1) is 6.35. The van der Waals surface area contributed by atoms with Crippen molar-refractivity contribution in [2.75, 3.05) is 0 Å². The number of aldehydes is 1. The summed E-state index contributed by atoms with van der Waals surface area (Å²) in [6, 6.07) is 1.42. The third-order valence-electron chi connectivity index (χ3n) is 0.901. The van der Waals surface area contributed by atoms with Crippen molar-refractivity contribution in [1.82, 2.24) is 4.98 Å². The van der Waals surface area contributed by atoms with Gasteiger partial charge in [-0.15, -0.1) is 0 Å². The molecule has 0 fully saturated rings. The first-order chi connectivity index (χ1) is 4.24. The minimum absolute atomic E-state index is 0.0102.